The Bertz CT molecular complexity index is 419. The average molecular weight is 330 g/mol. The molecule has 1 saturated carbocycles. The number of ether oxygens (including phenoxy) is 1. The molecule has 1 aliphatic carbocycles. The third kappa shape index (κ3) is 4.08. The summed E-state index contributed by atoms with van der Waals surface area (Å²) in [6, 6.07) is 1.70. The smallest absolute Gasteiger partial charge is 0.288 e. The number of nitrogens with one attached hydrogen (secondary N) is 1. The fourth-order valence-corrected chi connectivity index (χ4v) is 2.82. The minimum absolute atomic E-state index is 0.211. The van der Waals surface area contributed by atoms with Gasteiger partial charge in [0.1, 0.15) is 0 Å². The van der Waals surface area contributed by atoms with Crippen molar-refractivity contribution in [3.8, 4) is 0 Å². The number of carbonyl (C=O) groups is 1. The number of carbonyl (C=O) groups excluding carboxylic acids is 1. The molecule has 0 unspecified atom stereocenters. The third-order valence-electron chi connectivity index (χ3n) is 3.58. The van der Waals surface area contributed by atoms with Crippen molar-refractivity contribution in [2.24, 2.45) is 5.92 Å². The van der Waals surface area contributed by atoms with Gasteiger partial charge in [0.15, 0.2) is 0 Å². The third-order valence-corrected chi connectivity index (χ3v) is 4.20. The summed E-state index contributed by atoms with van der Waals surface area (Å²) < 4.78 is 11.6. The molecule has 0 bridgehead atoms. The molecule has 19 heavy (non-hydrogen) atoms. The molecular weight excluding hydrogens is 310 g/mol. The predicted molar refractivity (Wildman–Crippen MR) is 76.1 cm³/mol. The van der Waals surface area contributed by atoms with E-state index in [4.69, 9.17) is 9.15 Å². The van der Waals surface area contributed by atoms with Crippen LogP contribution < -0.4 is 5.32 Å². The average Bonchev–Trinajstić information content (AvgIpc) is 2.82. The second-order valence-corrected chi connectivity index (χ2v) is 5.88. The minimum Gasteiger partial charge on any atom is -0.458 e. The summed E-state index contributed by atoms with van der Waals surface area (Å²) in [6.07, 6.45) is 6.78. The number of hydrogen-bond acceptors (Lipinski definition) is 3. The van der Waals surface area contributed by atoms with Crippen LogP contribution in [0.15, 0.2) is 21.2 Å². The van der Waals surface area contributed by atoms with Gasteiger partial charge in [0.25, 0.3) is 5.91 Å². The van der Waals surface area contributed by atoms with Crippen LogP contribution in [-0.2, 0) is 4.74 Å². The zero-order valence-electron chi connectivity index (χ0n) is 11.2. The summed E-state index contributed by atoms with van der Waals surface area (Å²) in [6.45, 7) is 3.30. The molecule has 1 amide bonds. The van der Waals surface area contributed by atoms with Gasteiger partial charge in [-0.1, -0.05) is 19.8 Å². The zero-order chi connectivity index (χ0) is 13.7. The molecule has 1 heterocycles. The van der Waals surface area contributed by atoms with E-state index in [9.17, 15) is 4.79 Å². The van der Waals surface area contributed by atoms with Gasteiger partial charge >= 0.3 is 0 Å². The molecule has 106 valence electrons. The van der Waals surface area contributed by atoms with Crippen molar-refractivity contribution >= 4 is 21.8 Å². The van der Waals surface area contributed by atoms with Crippen LogP contribution in [0.3, 0.4) is 0 Å². The van der Waals surface area contributed by atoms with E-state index in [1.807, 2.05) is 0 Å². The Morgan fingerprint density at radius 3 is 3.00 bits per heavy atom. The first kappa shape index (κ1) is 14.6. The van der Waals surface area contributed by atoms with E-state index >= 15 is 0 Å². The molecule has 0 saturated heterocycles. The van der Waals surface area contributed by atoms with E-state index in [1.54, 1.807) is 6.07 Å². The lowest BCUT2D eigenvalue weighted by molar-refractivity contribution is -0.00300. The molecule has 0 spiro atoms. The van der Waals surface area contributed by atoms with Gasteiger partial charge in [0.05, 0.1) is 23.4 Å². The largest absolute Gasteiger partial charge is 0.458 e. The highest BCUT2D eigenvalue weighted by molar-refractivity contribution is 9.10. The van der Waals surface area contributed by atoms with Gasteiger partial charge in [-0.3, -0.25) is 4.79 Å². The summed E-state index contributed by atoms with van der Waals surface area (Å²) in [5, 5.41) is 2.79. The molecule has 1 aromatic rings. The number of rotatable bonds is 5. The van der Waals surface area contributed by atoms with Crippen LogP contribution in [-0.4, -0.2) is 25.2 Å². The van der Waals surface area contributed by atoms with Crippen LogP contribution >= 0.6 is 15.9 Å². The van der Waals surface area contributed by atoms with Gasteiger partial charge in [0.2, 0.25) is 5.76 Å². The van der Waals surface area contributed by atoms with E-state index < -0.39 is 0 Å². The van der Waals surface area contributed by atoms with Gasteiger partial charge in [-0.2, -0.15) is 0 Å². The molecule has 5 heteroatoms. The van der Waals surface area contributed by atoms with Crippen LogP contribution in [0.25, 0.3) is 0 Å². The van der Waals surface area contributed by atoms with Gasteiger partial charge in [0, 0.05) is 6.54 Å². The molecule has 1 fully saturated rings. The lowest BCUT2D eigenvalue weighted by atomic mass is 9.88. The van der Waals surface area contributed by atoms with Crippen molar-refractivity contribution in [1.82, 2.24) is 5.32 Å². The first-order chi connectivity index (χ1) is 9.18. The second-order valence-electron chi connectivity index (χ2n) is 5.02. The Morgan fingerprint density at radius 1 is 1.53 bits per heavy atom. The van der Waals surface area contributed by atoms with Gasteiger partial charge < -0.3 is 14.5 Å². The quantitative estimate of drug-likeness (QED) is 0.842. The van der Waals surface area contributed by atoms with Crippen LogP contribution in [0.1, 0.15) is 43.2 Å². The van der Waals surface area contributed by atoms with Crippen LogP contribution in [0.2, 0.25) is 0 Å². The van der Waals surface area contributed by atoms with E-state index in [0.717, 1.165) is 6.42 Å². The normalized spacial score (nSPS) is 23.3. The Balaban J connectivity index is 1.67. The summed E-state index contributed by atoms with van der Waals surface area (Å²) in [4.78, 5) is 11.8. The number of hydrogen-bond donors (Lipinski definition) is 1. The van der Waals surface area contributed by atoms with E-state index in [2.05, 4.69) is 28.2 Å². The first-order valence-corrected chi connectivity index (χ1v) is 7.60. The highest BCUT2D eigenvalue weighted by Crippen LogP contribution is 2.26. The topological polar surface area (TPSA) is 51.5 Å². The highest BCUT2D eigenvalue weighted by atomic mass is 79.9. The maximum absolute atomic E-state index is 11.8. The standard InChI is InChI=1S/C14H20BrNO3/c1-10-4-2-3-5-12(10)18-9-7-16-14(17)13-11(15)6-8-19-13/h6,8,10,12H,2-5,7,9H2,1H3,(H,16,17)/t10-,12-/m0/s1. The van der Waals surface area contributed by atoms with Gasteiger partial charge in [-0.15, -0.1) is 0 Å². The van der Waals surface area contributed by atoms with Crippen molar-refractivity contribution < 1.29 is 13.9 Å². The predicted octanol–water partition coefficient (Wildman–Crippen LogP) is 3.37. The lowest BCUT2D eigenvalue weighted by Gasteiger charge is -2.28. The number of furan rings is 1. The van der Waals surface area contributed by atoms with Crippen molar-refractivity contribution in [3.63, 3.8) is 0 Å². The summed E-state index contributed by atoms with van der Waals surface area (Å²) >= 11 is 3.26. The number of halogens is 1. The molecule has 0 radical (unpaired) electrons. The monoisotopic (exact) mass is 329 g/mol. The number of amides is 1. The SMILES string of the molecule is C[C@H]1CCCC[C@@H]1OCCNC(=O)c1occc1Br. The maximum Gasteiger partial charge on any atom is 0.288 e. The Hall–Kier alpha value is -0.810. The van der Waals surface area contributed by atoms with Crippen LogP contribution in [0.5, 0.6) is 0 Å². The van der Waals surface area contributed by atoms with Crippen LogP contribution in [0.4, 0.5) is 0 Å². The maximum atomic E-state index is 11.8. The van der Waals surface area contributed by atoms with Crippen molar-refractivity contribution in [1.29, 1.82) is 0 Å². The molecule has 2 rings (SSSR count). The molecule has 1 aromatic heterocycles. The Morgan fingerprint density at radius 2 is 2.32 bits per heavy atom. The summed E-state index contributed by atoms with van der Waals surface area (Å²) in [5.74, 6) is 0.729. The fraction of sp³-hybridized carbons (Fsp3) is 0.643. The van der Waals surface area contributed by atoms with Crippen LogP contribution in [0, 0.1) is 5.92 Å². The van der Waals surface area contributed by atoms with E-state index in [-0.39, 0.29) is 5.91 Å². The summed E-state index contributed by atoms with van der Waals surface area (Å²) in [5.41, 5.74) is 0. The van der Waals surface area contributed by atoms with Crippen molar-refractivity contribution in [3.05, 3.63) is 22.6 Å². The zero-order valence-corrected chi connectivity index (χ0v) is 12.7. The van der Waals surface area contributed by atoms with Crippen molar-refractivity contribution in [2.45, 2.75) is 38.7 Å². The van der Waals surface area contributed by atoms with E-state index in [0.29, 0.717) is 35.4 Å². The summed E-state index contributed by atoms with van der Waals surface area (Å²) in [7, 11) is 0. The molecule has 0 aromatic carbocycles. The first-order valence-electron chi connectivity index (χ1n) is 6.81. The lowest BCUT2D eigenvalue weighted by Crippen LogP contribution is -2.31. The molecule has 0 aliphatic heterocycles. The van der Waals surface area contributed by atoms with Gasteiger partial charge in [-0.25, -0.2) is 0 Å². The molecule has 1 aliphatic rings. The fourth-order valence-electron chi connectivity index (χ4n) is 2.44. The second kappa shape index (κ2) is 7.10. The van der Waals surface area contributed by atoms with Gasteiger partial charge in [-0.05, 0) is 40.8 Å². The van der Waals surface area contributed by atoms with E-state index in [1.165, 1.54) is 25.5 Å². The molecular formula is C14H20BrNO3. The highest BCUT2D eigenvalue weighted by Gasteiger charge is 2.21. The molecule has 4 nitrogen and oxygen atoms in total. The minimum atomic E-state index is -0.211. The Labute approximate surface area is 122 Å². The van der Waals surface area contributed by atoms with Crippen molar-refractivity contribution in [2.75, 3.05) is 13.2 Å². The molecule has 2 atom stereocenters. The Kier molecular flexibility index (Phi) is 5.45. The molecule has 1 N–H and O–H groups in total.